The van der Waals surface area contributed by atoms with Crippen LogP contribution in [-0.2, 0) is 6.18 Å². The molecule has 2 amide bonds. The second kappa shape index (κ2) is 8.98. The maximum atomic E-state index is 12.6. The van der Waals surface area contributed by atoms with Crippen molar-refractivity contribution in [2.24, 2.45) is 5.92 Å². The van der Waals surface area contributed by atoms with Crippen LogP contribution in [0.1, 0.15) is 28.8 Å². The van der Waals surface area contributed by atoms with Gasteiger partial charge in [0.05, 0.1) is 5.56 Å². The number of benzene rings is 2. The first-order valence-electron chi connectivity index (χ1n) is 9.30. The van der Waals surface area contributed by atoms with Crippen molar-refractivity contribution in [2.45, 2.75) is 19.0 Å². The lowest BCUT2D eigenvalue weighted by atomic mass is 9.97. The molecular weight excluding hydrogens is 385 g/mol. The summed E-state index contributed by atoms with van der Waals surface area (Å²) in [5.41, 5.74) is -0.606. The highest BCUT2D eigenvalue weighted by Crippen LogP contribution is 2.29. The van der Waals surface area contributed by atoms with E-state index < -0.39 is 23.7 Å². The van der Waals surface area contributed by atoms with Gasteiger partial charge in [-0.3, -0.25) is 4.79 Å². The molecule has 0 saturated carbocycles. The third-order valence-electron chi connectivity index (χ3n) is 4.85. The Morgan fingerprint density at radius 3 is 2.21 bits per heavy atom. The van der Waals surface area contributed by atoms with E-state index in [-0.39, 0.29) is 11.5 Å². The van der Waals surface area contributed by atoms with Crippen molar-refractivity contribution in [2.75, 3.05) is 19.6 Å². The molecule has 3 rings (SSSR count). The summed E-state index contributed by atoms with van der Waals surface area (Å²) < 4.78 is 43.1. The zero-order valence-electron chi connectivity index (χ0n) is 15.6. The Morgan fingerprint density at radius 1 is 1.00 bits per heavy atom. The molecule has 1 heterocycles. The summed E-state index contributed by atoms with van der Waals surface area (Å²) in [5, 5.41) is 2.76. The number of halogens is 3. The fourth-order valence-corrected chi connectivity index (χ4v) is 3.12. The van der Waals surface area contributed by atoms with Crippen molar-refractivity contribution in [3.05, 3.63) is 65.7 Å². The van der Waals surface area contributed by atoms with Crippen molar-refractivity contribution < 1.29 is 27.5 Å². The smallest absolute Gasteiger partial charge is 0.410 e. The molecule has 8 heteroatoms. The average molecular weight is 406 g/mol. The third kappa shape index (κ3) is 5.73. The van der Waals surface area contributed by atoms with E-state index in [9.17, 15) is 22.8 Å². The minimum absolute atomic E-state index is 0.182. The molecule has 2 aromatic carbocycles. The molecule has 0 radical (unpaired) electrons. The lowest BCUT2D eigenvalue weighted by molar-refractivity contribution is -0.137. The van der Waals surface area contributed by atoms with Crippen LogP contribution in [-0.4, -0.2) is 36.5 Å². The van der Waals surface area contributed by atoms with Gasteiger partial charge in [-0.05, 0) is 55.2 Å². The number of likely N-dealkylation sites (tertiary alicyclic amines) is 1. The summed E-state index contributed by atoms with van der Waals surface area (Å²) in [6, 6.07) is 12.9. The minimum Gasteiger partial charge on any atom is -0.410 e. The SMILES string of the molecule is O=C(NCC1CCN(C(=O)Oc2ccccc2)CC1)c1ccc(C(F)(F)F)cc1. The molecular formula is C21H21F3N2O3. The monoisotopic (exact) mass is 406 g/mol. The Hall–Kier alpha value is -3.03. The van der Waals surface area contributed by atoms with E-state index in [0.29, 0.717) is 38.2 Å². The molecule has 0 aromatic heterocycles. The molecule has 1 saturated heterocycles. The zero-order chi connectivity index (χ0) is 20.9. The molecule has 1 fully saturated rings. The first-order chi connectivity index (χ1) is 13.8. The van der Waals surface area contributed by atoms with Gasteiger partial charge in [-0.2, -0.15) is 13.2 Å². The third-order valence-corrected chi connectivity index (χ3v) is 4.85. The Kier molecular flexibility index (Phi) is 6.41. The number of carbonyl (C=O) groups excluding carboxylic acids is 2. The molecule has 0 atom stereocenters. The number of rotatable bonds is 4. The fraction of sp³-hybridized carbons (Fsp3) is 0.333. The molecule has 1 aliphatic heterocycles. The van der Waals surface area contributed by atoms with Crippen molar-refractivity contribution >= 4 is 12.0 Å². The van der Waals surface area contributed by atoms with Crippen LogP contribution in [0.15, 0.2) is 54.6 Å². The van der Waals surface area contributed by atoms with Gasteiger partial charge >= 0.3 is 12.3 Å². The first-order valence-corrected chi connectivity index (χ1v) is 9.30. The number of hydrogen-bond acceptors (Lipinski definition) is 3. The Bertz CT molecular complexity index is 830. The Labute approximate surface area is 166 Å². The molecule has 0 bridgehead atoms. The number of para-hydroxylation sites is 1. The summed E-state index contributed by atoms with van der Waals surface area (Å²) in [7, 11) is 0. The van der Waals surface area contributed by atoms with Crippen molar-refractivity contribution in [1.29, 1.82) is 0 Å². The maximum Gasteiger partial charge on any atom is 0.416 e. The van der Waals surface area contributed by atoms with Crippen LogP contribution in [0.2, 0.25) is 0 Å². The summed E-state index contributed by atoms with van der Waals surface area (Å²) in [4.78, 5) is 26.0. The van der Waals surface area contributed by atoms with Gasteiger partial charge in [0.2, 0.25) is 0 Å². The molecule has 0 unspecified atom stereocenters. The quantitative estimate of drug-likeness (QED) is 0.822. The zero-order valence-corrected chi connectivity index (χ0v) is 15.6. The van der Waals surface area contributed by atoms with Crippen LogP contribution >= 0.6 is 0 Å². The van der Waals surface area contributed by atoms with Gasteiger partial charge in [-0.25, -0.2) is 4.79 Å². The number of nitrogens with one attached hydrogen (secondary N) is 1. The Balaban J connectivity index is 1.42. The lowest BCUT2D eigenvalue weighted by Gasteiger charge is -2.31. The second-order valence-corrected chi connectivity index (χ2v) is 6.90. The number of hydrogen-bond donors (Lipinski definition) is 1. The number of alkyl halides is 3. The van der Waals surface area contributed by atoms with Gasteiger partial charge in [-0.1, -0.05) is 18.2 Å². The van der Waals surface area contributed by atoms with Crippen molar-refractivity contribution in [3.63, 3.8) is 0 Å². The highest BCUT2D eigenvalue weighted by molar-refractivity contribution is 5.94. The number of amides is 2. The van der Waals surface area contributed by atoms with Crippen molar-refractivity contribution in [3.8, 4) is 5.75 Å². The van der Waals surface area contributed by atoms with Gasteiger partial charge < -0.3 is 15.0 Å². The molecule has 0 spiro atoms. The van der Waals surface area contributed by atoms with Gasteiger partial charge in [0.25, 0.3) is 5.91 Å². The van der Waals surface area contributed by atoms with E-state index in [1.807, 2.05) is 6.07 Å². The van der Waals surface area contributed by atoms with Crippen LogP contribution in [0.3, 0.4) is 0 Å². The Morgan fingerprint density at radius 2 is 1.62 bits per heavy atom. The number of ether oxygens (including phenoxy) is 1. The van der Waals surface area contributed by atoms with Gasteiger partial charge in [0, 0.05) is 25.2 Å². The molecule has 0 aliphatic carbocycles. The van der Waals surface area contributed by atoms with E-state index in [1.165, 1.54) is 12.1 Å². The summed E-state index contributed by atoms with van der Waals surface area (Å²) in [5.74, 6) is 0.266. The predicted octanol–water partition coefficient (Wildman–Crippen LogP) is 4.35. The predicted molar refractivity (Wildman–Crippen MR) is 101 cm³/mol. The summed E-state index contributed by atoms with van der Waals surface area (Å²) in [6.07, 6.45) is -3.41. The second-order valence-electron chi connectivity index (χ2n) is 6.90. The highest BCUT2D eigenvalue weighted by Gasteiger charge is 2.30. The molecule has 2 aromatic rings. The maximum absolute atomic E-state index is 12.6. The fourth-order valence-electron chi connectivity index (χ4n) is 3.12. The van der Waals surface area contributed by atoms with Crippen LogP contribution in [0.25, 0.3) is 0 Å². The number of piperidine rings is 1. The highest BCUT2D eigenvalue weighted by atomic mass is 19.4. The number of carbonyl (C=O) groups is 2. The first kappa shape index (κ1) is 20.7. The van der Waals surface area contributed by atoms with Gasteiger partial charge in [0.15, 0.2) is 0 Å². The normalized spacial score (nSPS) is 15.1. The van der Waals surface area contributed by atoms with E-state index in [0.717, 1.165) is 12.1 Å². The van der Waals surface area contributed by atoms with Gasteiger partial charge in [0.1, 0.15) is 5.75 Å². The molecule has 1 aliphatic rings. The van der Waals surface area contributed by atoms with Crippen LogP contribution in [0.5, 0.6) is 5.75 Å². The lowest BCUT2D eigenvalue weighted by Crippen LogP contribution is -2.42. The van der Waals surface area contributed by atoms with Crippen LogP contribution in [0.4, 0.5) is 18.0 Å². The van der Waals surface area contributed by atoms with E-state index in [1.54, 1.807) is 29.2 Å². The molecule has 29 heavy (non-hydrogen) atoms. The summed E-state index contributed by atoms with van der Waals surface area (Å²) in [6.45, 7) is 1.44. The van der Waals surface area contributed by atoms with E-state index >= 15 is 0 Å². The standard InChI is InChI=1S/C21H21F3N2O3/c22-21(23,24)17-8-6-16(7-9-17)19(27)25-14-15-10-12-26(13-11-15)20(28)29-18-4-2-1-3-5-18/h1-9,15H,10-14H2,(H,25,27). The topological polar surface area (TPSA) is 58.6 Å². The largest absolute Gasteiger partial charge is 0.416 e. The van der Waals surface area contributed by atoms with Crippen molar-refractivity contribution in [1.82, 2.24) is 10.2 Å². The molecule has 5 nitrogen and oxygen atoms in total. The minimum atomic E-state index is -4.43. The number of nitrogens with zero attached hydrogens (tertiary/aromatic N) is 1. The van der Waals surface area contributed by atoms with E-state index in [2.05, 4.69) is 5.32 Å². The molecule has 154 valence electrons. The summed E-state index contributed by atoms with van der Waals surface area (Å²) >= 11 is 0. The van der Waals surface area contributed by atoms with Crippen LogP contribution < -0.4 is 10.1 Å². The van der Waals surface area contributed by atoms with Gasteiger partial charge in [-0.15, -0.1) is 0 Å². The molecule has 1 N–H and O–H groups in total. The van der Waals surface area contributed by atoms with E-state index in [4.69, 9.17) is 4.74 Å². The average Bonchev–Trinajstić information content (AvgIpc) is 2.72. The van der Waals surface area contributed by atoms with Crippen LogP contribution in [0, 0.1) is 5.92 Å².